The van der Waals surface area contributed by atoms with Crippen molar-refractivity contribution in [3.8, 4) is 0 Å². The summed E-state index contributed by atoms with van der Waals surface area (Å²) in [6.45, 7) is 1.94. The molecule has 3 nitrogen and oxygen atoms in total. The van der Waals surface area contributed by atoms with Crippen LogP contribution in [0, 0.1) is 12.3 Å². The molecule has 0 aliphatic rings. The molecule has 1 aromatic rings. The lowest BCUT2D eigenvalue weighted by Crippen LogP contribution is -1.98. The summed E-state index contributed by atoms with van der Waals surface area (Å²) in [7, 11) is 1.85. The van der Waals surface area contributed by atoms with Crippen LogP contribution in [-0.4, -0.2) is 13.3 Å². The predicted octanol–water partition coefficient (Wildman–Crippen LogP) is 1.62. The first kappa shape index (κ1) is 8.59. The third kappa shape index (κ3) is 1.39. The van der Waals surface area contributed by atoms with E-state index in [1.54, 1.807) is 0 Å². The van der Waals surface area contributed by atoms with Gasteiger partial charge in [0.1, 0.15) is 0 Å². The van der Waals surface area contributed by atoms with Crippen molar-refractivity contribution < 1.29 is 0 Å². The lowest BCUT2D eigenvalue weighted by Gasteiger charge is -2.07. The Labute approximate surface area is 72.1 Å². The first-order chi connectivity index (χ1) is 5.69. The Morgan fingerprint density at radius 3 is 2.58 bits per heavy atom. The maximum Gasteiger partial charge on any atom is 0.0426 e. The first-order valence-corrected chi connectivity index (χ1v) is 3.77. The van der Waals surface area contributed by atoms with E-state index in [2.05, 4.69) is 5.32 Å². The highest BCUT2D eigenvalue weighted by Gasteiger charge is 2.01. The number of nitrogens with one attached hydrogen (secondary N) is 2. The molecule has 3 heteroatoms. The Kier molecular flexibility index (Phi) is 2.33. The third-order valence-corrected chi connectivity index (χ3v) is 1.85. The number of hydrogen-bond donors (Lipinski definition) is 3. The van der Waals surface area contributed by atoms with Gasteiger partial charge in [-0.25, -0.2) is 0 Å². The highest BCUT2D eigenvalue weighted by Crippen LogP contribution is 2.20. The van der Waals surface area contributed by atoms with Gasteiger partial charge in [0.25, 0.3) is 0 Å². The summed E-state index contributed by atoms with van der Waals surface area (Å²) in [6.07, 6.45) is 1.28. The van der Waals surface area contributed by atoms with Gasteiger partial charge in [-0.1, -0.05) is 0 Å². The fraction of sp³-hybridized carbons (Fsp3) is 0.222. The molecule has 0 atom stereocenters. The smallest absolute Gasteiger partial charge is 0.0426 e. The highest BCUT2D eigenvalue weighted by atomic mass is 14.8. The first-order valence-electron chi connectivity index (χ1n) is 3.77. The quantitative estimate of drug-likeness (QED) is 0.458. The topological polar surface area (TPSA) is 61.9 Å². The van der Waals surface area contributed by atoms with Crippen molar-refractivity contribution in [1.82, 2.24) is 0 Å². The number of hydrogen-bond acceptors (Lipinski definition) is 3. The second-order valence-electron chi connectivity index (χ2n) is 2.69. The Morgan fingerprint density at radius 1 is 1.50 bits per heavy atom. The fourth-order valence-corrected chi connectivity index (χ4v) is 1.17. The van der Waals surface area contributed by atoms with E-state index in [1.807, 2.05) is 26.1 Å². The van der Waals surface area contributed by atoms with Crippen LogP contribution in [0.2, 0.25) is 0 Å². The molecular formula is C9H13N3. The molecule has 0 bridgehead atoms. The maximum atomic E-state index is 7.13. The van der Waals surface area contributed by atoms with E-state index in [9.17, 15) is 0 Å². The van der Waals surface area contributed by atoms with Gasteiger partial charge < -0.3 is 16.5 Å². The second kappa shape index (κ2) is 3.26. The van der Waals surface area contributed by atoms with Gasteiger partial charge in [-0.3, -0.25) is 0 Å². The van der Waals surface area contributed by atoms with E-state index in [0.717, 1.165) is 16.8 Å². The molecule has 0 saturated carbocycles. The van der Waals surface area contributed by atoms with Gasteiger partial charge in [0, 0.05) is 30.2 Å². The molecule has 0 spiro atoms. The fourth-order valence-electron chi connectivity index (χ4n) is 1.17. The van der Waals surface area contributed by atoms with Crippen molar-refractivity contribution in [2.24, 2.45) is 0 Å². The number of benzene rings is 1. The molecule has 4 N–H and O–H groups in total. The third-order valence-electron chi connectivity index (χ3n) is 1.85. The van der Waals surface area contributed by atoms with E-state index in [4.69, 9.17) is 11.1 Å². The molecule has 0 aliphatic carbocycles. The summed E-state index contributed by atoms with van der Waals surface area (Å²) in [5, 5.41) is 10.1. The summed E-state index contributed by atoms with van der Waals surface area (Å²) in [6, 6.07) is 3.80. The van der Waals surface area contributed by atoms with Crippen LogP contribution in [0.5, 0.6) is 0 Å². The van der Waals surface area contributed by atoms with Crippen LogP contribution in [0.15, 0.2) is 12.1 Å². The molecule has 0 fully saturated rings. The van der Waals surface area contributed by atoms with Gasteiger partial charge in [-0.2, -0.15) is 0 Å². The van der Waals surface area contributed by atoms with Crippen LogP contribution in [0.25, 0.3) is 0 Å². The number of nitrogens with two attached hydrogens (primary N) is 1. The van der Waals surface area contributed by atoms with Crippen molar-refractivity contribution in [1.29, 1.82) is 5.41 Å². The van der Waals surface area contributed by atoms with E-state index >= 15 is 0 Å². The van der Waals surface area contributed by atoms with Crippen molar-refractivity contribution in [3.05, 3.63) is 23.3 Å². The normalized spacial score (nSPS) is 9.50. The average Bonchev–Trinajstić information content (AvgIpc) is 2.03. The van der Waals surface area contributed by atoms with Crippen molar-refractivity contribution in [2.45, 2.75) is 6.92 Å². The van der Waals surface area contributed by atoms with Crippen LogP contribution >= 0.6 is 0 Å². The van der Waals surface area contributed by atoms with Crippen molar-refractivity contribution in [2.75, 3.05) is 18.1 Å². The zero-order valence-corrected chi connectivity index (χ0v) is 7.31. The molecule has 1 aromatic carbocycles. The number of aryl methyl sites for hydroxylation is 1. The monoisotopic (exact) mass is 163 g/mol. The van der Waals surface area contributed by atoms with E-state index < -0.39 is 0 Å². The maximum absolute atomic E-state index is 7.13. The second-order valence-corrected chi connectivity index (χ2v) is 2.69. The lowest BCUT2D eigenvalue weighted by atomic mass is 10.1. The summed E-state index contributed by atoms with van der Waals surface area (Å²) in [5.74, 6) is 0. The average molecular weight is 163 g/mol. The van der Waals surface area contributed by atoms with E-state index in [1.165, 1.54) is 6.21 Å². The molecule has 0 heterocycles. The molecule has 64 valence electrons. The zero-order valence-electron chi connectivity index (χ0n) is 7.31. The molecule has 12 heavy (non-hydrogen) atoms. The molecule has 0 aliphatic heterocycles. The number of nitrogen functional groups attached to an aromatic ring is 1. The Morgan fingerprint density at radius 2 is 2.17 bits per heavy atom. The lowest BCUT2D eigenvalue weighted by molar-refractivity contribution is 1.40. The largest absolute Gasteiger partial charge is 0.398 e. The summed E-state index contributed by atoms with van der Waals surface area (Å²) >= 11 is 0. The van der Waals surface area contributed by atoms with Crippen LogP contribution in [0.4, 0.5) is 11.4 Å². The van der Waals surface area contributed by atoms with Crippen molar-refractivity contribution in [3.63, 3.8) is 0 Å². The van der Waals surface area contributed by atoms with E-state index in [0.29, 0.717) is 5.69 Å². The molecular weight excluding hydrogens is 150 g/mol. The van der Waals surface area contributed by atoms with Gasteiger partial charge in [0.2, 0.25) is 0 Å². The zero-order chi connectivity index (χ0) is 9.14. The minimum atomic E-state index is 0.648. The Bertz CT molecular complexity index is 282. The molecule has 0 amide bonds. The minimum Gasteiger partial charge on any atom is -0.398 e. The van der Waals surface area contributed by atoms with E-state index in [-0.39, 0.29) is 0 Å². The Balaban J connectivity index is 3.27. The van der Waals surface area contributed by atoms with Crippen LogP contribution in [0.3, 0.4) is 0 Å². The minimum absolute atomic E-state index is 0.648. The predicted molar refractivity (Wildman–Crippen MR) is 53.0 cm³/mol. The number of rotatable bonds is 2. The highest BCUT2D eigenvalue weighted by molar-refractivity contribution is 5.88. The summed E-state index contributed by atoms with van der Waals surface area (Å²) in [4.78, 5) is 0. The van der Waals surface area contributed by atoms with Crippen LogP contribution < -0.4 is 11.1 Å². The van der Waals surface area contributed by atoms with Gasteiger partial charge in [0.15, 0.2) is 0 Å². The SMILES string of the molecule is CNc1cc(C)c(C=N)c(N)c1. The molecule has 0 saturated heterocycles. The van der Waals surface area contributed by atoms with Gasteiger partial charge in [0.05, 0.1) is 0 Å². The summed E-state index contributed by atoms with van der Waals surface area (Å²) in [5.41, 5.74) is 9.17. The molecule has 0 unspecified atom stereocenters. The van der Waals surface area contributed by atoms with Crippen molar-refractivity contribution >= 4 is 17.6 Å². The van der Waals surface area contributed by atoms with Crippen LogP contribution in [-0.2, 0) is 0 Å². The molecule has 0 aromatic heterocycles. The van der Waals surface area contributed by atoms with Gasteiger partial charge in [-0.05, 0) is 24.6 Å². The molecule has 0 radical (unpaired) electrons. The van der Waals surface area contributed by atoms with Gasteiger partial charge in [-0.15, -0.1) is 0 Å². The van der Waals surface area contributed by atoms with Crippen LogP contribution in [0.1, 0.15) is 11.1 Å². The number of anilines is 2. The van der Waals surface area contributed by atoms with Gasteiger partial charge >= 0.3 is 0 Å². The summed E-state index contributed by atoms with van der Waals surface area (Å²) < 4.78 is 0. The standard InChI is InChI=1S/C9H13N3/c1-6-3-7(12-2)4-9(11)8(6)5-10/h3-5,10,12H,11H2,1-2H3. The Hall–Kier alpha value is -1.51. The molecule has 1 rings (SSSR count).